The Hall–Kier alpha value is -2.13. The zero-order valence-corrected chi connectivity index (χ0v) is 28.4. The number of anilines is 1. The molecule has 3 rings (SSSR count). The molecule has 0 bridgehead atoms. The van der Waals surface area contributed by atoms with Crippen LogP contribution in [0.2, 0.25) is 5.02 Å². The second kappa shape index (κ2) is 23.6. The van der Waals surface area contributed by atoms with Gasteiger partial charge in [-0.25, -0.2) is 14.8 Å². The van der Waals surface area contributed by atoms with E-state index >= 15 is 0 Å². The van der Waals surface area contributed by atoms with E-state index in [1.165, 1.54) is 30.9 Å². The van der Waals surface area contributed by atoms with Crippen LogP contribution in [0.5, 0.6) is 0 Å². The van der Waals surface area contributed by atoms with Crippen molar-refractivity contribution in [3.05, 3.63) is 62.1 Å². The number of halogens is 3. The predicted octanol–water partition coefficient (Wildman–Crippen LogP) is 8.26. The Morgan fingerprint density at radius 2 is 1.73 bits per heavy atom. The van der Waals surface area contributed by atoms with Crippen LogP contribution in [-0.2, 0) is 22.4 Å². The molecule has 0 amide bonds. The summed E-state index contributed by atoms with van der Waals surface area (Å²) >= 11 is 17.2. The monoisotopic (exact) mass is 634 g/mol. The first-order valence-electron chi connectivity index (χ1n) is 13.1. The van der Waals surface area contributed by atoms with E-state index in [0.29, 0.717) is 23.9 Å². The number of nitrogens with one attached hydrogen (secondary N) is 2. The van der Waals surface area contributed by atoms with Gasteiger partial charge in [0.25, 0.3) is 0 Å². The number of aromatic nitrogens is 3. The Bertz CT molecular complexity index is 1130. The van der Waals surface area contributed by atoms with Crippen LogP contribution in [0.25, 0.3) is 11.3 Å². The highest BCUT2D eigenvalue weighted by Crippen LogP contribution is 2.35. The molecule has 226 valence electrons. The number of rotatable bonds is 9. The summed E-state index contributed by atoms with van der Waals surface area (Å²) in [5.74, 6) is -0.325. The maximum atomic E-state index is 12.3. The minimum absolute atomic E-state index is 0.340. The summed E-state index contributed by atoms with van der Waals surface area (Å²) in [5, 5.41) is 4.75. The van der Waals surface area contributed by atoms with E-state index < -0.39 is 11.6 Å². The predicted molar refractivity (Wildman–Crippen MR) is 175 cm³/mol. The maximum Gasteiger partial charge on any atom is 0.344 e. The minimum Gasteiger partial charge on any atom is -0.469 e. The molecule has 3 aromatic rings. The minimum atomic E-state index is -0.456. The van der Waals surface area contributed by atoms with Gasteiger partial charge < -0.3 is 15.0 Å². The van der Waals surface area contributed by atoms with Crippen molar-refractivity contribution in [3.63, 3.8) is 0 Å². The van der Waals surface area contributed by atoms with Gasteiger partial charge in [0.15, 0.2) is 5.13 Å². The summed E-state index contributed by atoms with van der Waals surface area (Å²) in [6, 6.07) is 5.97. The van der Waals surface area contributed by atoms with Gasteiger partial charge in [-0.15, -0.1) is 34.5 Å². The molecule has 0 aliphatic heterocycles. The Labute approximate surface area is 259 Å². The second-order valence-electron chi connectivity index (χ2n) is 8.08. The number of aryl methyl sites for hydroxylation is 1. The molecule has 2 aromatic heterocycles. The van der Waals surface area contributed by atoms with Crippen molar-refractivity contribution in [1.82, 2.24) is 15.0 Å². The molecule has 0 saturated carbocycles. The summed E-state index contributed by atoms with van der Waals surface area (Å²) in [4.78, 5) is 35.8. The zero-order valence-electron chi connectivity index (χ0n) is 25.3. The highest BCUT2D eigenvalue weighted by atomic mass is 35.5. The van der Waals surface area contributed by atoms with Crippen LogP contribution in [0.15, 0.2) is 35.4 Å². The van der Waals surface area contributed by atoms with Crippen molar-refractivity contribution in [2.24, 2.45) is 11.8 Å². The van der Waals surface area contributed by atoms with Crippen molar-refractivity contribution in [3.8, 4) is 11.3 Å². The summed E-state index contributed by atoms with van der Waals surface area (Å²) in [7, 11) is 1.36. The molecule has 1 aromatic carbocycles. The van der Waals surface area contributed by atoms with Crippen molar-refractivity contribution in [1.29, 1.82) is 0 Å². The third-order valence-electron chi connectivity index (χ3n) is 4.98. The molecule has 0 radical (unpaired) electrons. The molecule has 7 nitrogen and oxygen atoms in total. The van der Waals surface area contributed by atoms with Crippen molar-refractivity contribution in [2.45, 2.75) is 61.3 Å². The van der Waals surface area contributed by atoms with Crippen molar-refractivity contribution < 1.29 is 9.53 Å². The number of thiazole rings is 1. The molecule has 2 N–H and O–H groups in total. The van der Waals surface area contributed by atoms with Crippen LogP contribution in [0.4, 0.5) is 5.13 Å². The average molecular weight is 636 g/mol. The number of ether oxygens (including phenoxy) is 1. The number of alkyl halides is 2. The van der Waals surface area contributed by atoms with Crippen LogP contribution in [-0.4, -0.2) is 47.3 Å². The van der Waals surface area contributed by atoms with Crippen LogP contribution in [0, 0.1) is 18.8 Å². The first-order valence-corrected chi connectivity index (χ1v) is 15.8. The lowest BCUT2D eigenvalue weighted by molar-refractivity contribution is -0.144. The van der Waals surface area contributed by atoms with E-state index in [4.69, 9.17) is 21.3 Å². The van der Waals surface area contributed by atoms with Crippen LogP contribution < -0.4 is 11.0 Å². The SMILES string of the molecule is CC.CC.CCl.CCl.COC(=O)C(CNc1nc(-c2ccc(C)c(Cl)c2)c(CC(C)C)s1)Cc1cnc(=O)[nH]c1. The Balaban J connectivity index is 0. The topological polar surface area (TPSA) is 97.0 Å². The average Bonchev–Trinajstić information content (AvgIpc) is 3.39. The molecule has 2 heterocycles. The van der Waals surface area contributed by atoms with Gasteiger partial charge in [-0.1, -0.05) is 65.3 Å². The Morgan fingerprint density at radius 1 is 1.10 bits per heavy atom. The fourth-order valence-corrected chi connectivity index (χ4v) is 4.67. The normalized spacial score (nSPS) is 10.2. The number of methoxy groups -OCH3 is 1. The largest absolute Gasteiger partial charge is 0.469 e. The summed E-state index contributed by atoms with van der Waals surface area (Å²) in [6.45, 7) is 14.7. The number of esters is 1. The van der Waals surface area contributed by atoms with Gasteiger partial charge in [0.05, 0.1) is 18.7 Å². The van der Waals surface area contributed by atoms with E-state index in [1.54, 1.807) is 17.5 Å². The highest BCUT2D eigenvalue weighted by molar-refractivity contribution is 7.16. The van der Waals surface area contributed by atoms with Crippen molar-refractivity contribution >= 4 is 57.2 Å². The standard InChI is InChI=1S/C23H27ClN4O3S.2C2H6.2CH3Cl/c1-13(2)7-19-20(16-6-5-14(3)18(24)9-16)28-23(32-19)27-12-17(21(29)31-4)8-15-10-25-22(30)26-11-15;4*1-2/h5-6,9-11,13,17H,7-8,12H2,1-4H3,(H,27,28)(H,25,26,30);2*1-2H3;2*1H3. The molecular weight excluding hydrogens is 591 g/mol. The molecule has 11 heteroatoms. The summed E-state index contributed by atoms with van der Waals surface area (Å²) < 4.78 is 4.97. The molecule has 0 saturated heterocycles. The Kier molecular flexibility index (Phi) is 23.6. The fraction of sp³-hybridized carbons (Fsp3) is 0.517. The molecule has 0 aliphatic rings. The van der Waals surface area contributed by atoms with E-state index in [2.05, 4.69) is 52.3 Å². The van der Waals surface area contributed by atoms with E-state index in [0.717, 1.165) is 33.9 Å². The molecule has 1 unspecified atom stereocenters. The third kappa shape index (κ3) is 14.0. The zero-order chi connectivity index (χ0) is 31.3. The first-order chi connectivity index (χ1) is 19.3. The van der Waals surface area contributed by atoms with Gasteiger partial charge in [0.1, 0.15) is 0 Å². The van der Waals surface area contributed by atoms with Gasteiger partial charge in [-0.3, -0.25) is 4.79 Å². The third-order valence-corrected chi connectivity index (χ3v) is 6.42. The van der Waals surface area contributed by atoms with Gasteiger partial charge >= 0.3 is 11.7 Å². The second-order valence-corrected chi connectivity index (χ2v) is 9.58. The number of nitrogens with zero attached hydrogens (tertiary/aromatic N) is 2. The number of carbonyl (C=O) groups is 1. The number of H-pyrrole nitrogens is 1. The van der Waals surface area contributed by atoms with Crippen LogP contribution in [0.1, 0.15) is 57.5 Å². The number of aromatic amines is 1. The molecule has 40 heavy (non-hydrogen) atoms. The van der Waals surface area contributed by atoms with Gasteiger partial charge in [0, 0.05) is 47.2 Å². The smallest absolute Gasteiger partial charge is 0.344 e. The van der Waals surface area contributed by atoms with Crippen LogP contribution in [0.3, 0.4) is 0 Å². The molecule has 0 aliphatic carbocycles. The number of hydrogen-bond donors (Lipinski definition) is 2. The summed E-state index contributed by atoms with van der Waals surface area (Å²) in [5.41, 5.74) is 3.23. The molecule has 1 atom stereocenters. The number of hydrogen-bond acceptors (Lipinski definition) is 7. The van der Waals surface area contributed by atoms with E-state index in [9.17, 15) is 9.59 Å². The fourth-order valence-electron chi connectivity index (χ4n) is 3.28. The van der Waals surface area contributed by atoms with Gasteiger partial charge in [-0.2, -0.15) is 0 Å². The highest BCUT2D eigenvalue weighted by Gasteiger charge is 2.22. The van der Waals surface area contributed by atoms with Gasteiger partial charge in [0.2, 0.25) is 0 Å². The molecule has 0 fully saturated rings. The van der Waals surface area contributed by atoms with Crippen LogP contribution >= 0.6 is 46.1 Å². The molecule has 0 spiro atoms. The van der Waals surface area contributed by atoms with Gasteiger partial charge in [-0.05, 0) is 42.9 Å². The van der Waals surface area contributed by atoms with E-state index in [-0.39, 0.29) is 5.97 Å². The molecular formula is C29H45Cl3N4O3S. The Morgan fingerprint density at radius 3 is 2.23 bits per heavy atom. The number of benzene rings is 1. The lowest BCUT2D eigenvalue weighted by atomic mass is 10.0. The quantitative estimate of drug-likeness (QED) is 0.181. The number of carbonyl (C=O) groups excluding carboxylic acids is 1. The lowest BCUT2D eigenvalue weighted by Gasteiger charge is -2.14. The maximum absolute atomic E-state index is 12.3. The summed E-state index contributed by atoms with van der Waals surface area (Å²) in [6.07, 6.45) is 7.25. The van der Waals surface area contributed by atoms with Crippen molar-refractivity contribution in [2.75, 3.05) is 31.7 Å². The lowest BCUT2D eigenvalue weighted by Crippen LogP contribution is -2.27. The van der Waals surface area contributed by atoms with E-state index in [1.807, 2.05) is 52.8 Å². The first kappa shape index (κ1) is 40.0.